The number of allylic oxidation sites excluding steroid dienone is 1. The Morgan fingerprint density at radius 1 is 1.06 bits per heavy atom. The van der Waals surface area contributed by atoms with Gasteiger partial charge in [0, 0.05) is 35.2 Å². The predicted octanol–water partition coefficient (Wildman–Crippen LogP) is 6.26. The average molecular weight is 477 g/mol. The van der Waals surface area contributed by atoms with Crippen molar-refractivity contribution in [2.24, 2.45) is 10.9 Å². The fraction of sp³-hybridized carbons (Fsp3) is 0.571. The van der Waals surface area contributed by atoms with Crippen molar-refractivity contribution < 1.29 is 4.52 Å². The van der Waals surface area contributed by atoms with E-state index in [2.05, 4.69) is 41.1 Å². The van der Waals surface area contributed by atoms with E-state index in [0.29, 0.717) is 11.8 Å². The molecule has 1 unspecified atom stereocenters. The van der Waals surface area contributed by atoms with Gasteiger partial charge in [-0.25, -0.2) is 0 Å². The molecule has 1 aromatic carbocycles. The van der Waals surface area contributed by atoms with Crippen LogP contribution in [0.3, 0.4) is 0 Å². The van der Waals surface area contributed by atoms with Crippen LogP contribution < -0.4 is 4.90 Å². The van der Waals surface area contributed by atoms with E-state index in [1.54, 1.807) is 11.3 Å². The van der Waals surface area contributed by atoms with Crippen LogP contribution in [0.5, 0.6) is 0 Å². The minimum absolute atomic E-state index is 0.0137. The highest BCUT2D eigenvalue weighted by molar-refractivity contribution is 6.30. The van der Waals surface area contributed by atoms with Crippen LogP contribution >= 0.6 is 11.6 Å². The zero-order valence-electron chi connectivity index (χ0n) is 20.2. The maximum Gasteiger partial charge on any atom is 0.143 e. The molecule has 1 atom stereocenters. The van der Waals surface area contributed by atoms with Gasteiger partial charge in [0.05, 0.1) is 23.5 Å². The van der Waals surface area contributed by atoms with Gasteiger partial charge in [-0.15, -0.1) is 0 Å². The van der Waals surface area contributed by atoms with Gasteiger partial charge in [-0.1, -0.05) is 16.8 Å². The Kier molecular flexibility index (Phi) is 4.80. The Morgan fingerprint density at radius 3 is 2.71 bits per heavy atom. The molecule has 6 heteroatoms. The Hall–Kier alpha value is -2.11. The lowest BCUT2D eigenvalue weighted by atomic mass is 9.77. The molecule has 2 fully saturated rings. The number of aromatic nitrogens is 1. The lowest BCUT2D eigenvalue weighted by Gasteiger charge is -2.39. The molecular weight excluding hydrogens is 444 g/mol. The molecule has 0 bridgehead atoms. The number of benzene rings is 1. The summed E-state index contributed by atoms with van der Waals surface area (Å²) in [7, 11) is 2.19. The van der Waals surface area contributed by atoms with Gasteiger partial charge in [-0.05, 0) is 101 Å². The van der Waals surface area contributed by atoms with Gasteiger partial charge in [0.15, 0.2) is 0 Å². The highest BCUT2D eigenvalue weighted by atomic mass is 35.5. The number of hydrogen-bond acceptors (Lipinski definition) is 5. The molecule has 0 radical (unpaired) electrons. The van der Waals surface area contributed by atoms with Gasteiger partial charge >= 0.3 is 0 Å². The monoisotopic (exact) mass is 476 g/mol. The first-order valence-electron chi connectivity index (χ1n) is 13.1. The Balaban J connectivity index is 1.21. The molecular formula is C28H33ClN4O. The third kappa shape index (κ3) is 3.30. The van der Waals surface area contributed by atoms with E-state index in [-0.39, 0.29) is 5.54 Å². The molecule has 178 valence electrons. The van der Waals surface area contributed by atoms with Crippen molar-refractivity contribution in [1.82, 2.24) is 10.1 Å². The third-order valence-corrected chi connectivity index (χ3v) is 9.07. The molecule has 3 aliphatic carbocycles. The molecule has 2 aromatic rings. The molecule has 2 saturated carbocycles. The maximum absolute atomic E-state index is 6.42. The summed E-state index contributed by atoms with van der Waals surface area (Å²) in [6, 6.07) is 6.39. The molecule has 0 spiro atoms. The van der Waals surface area contributed by atoms with Crippen molar-refractivity contribution >= 4 is 23.1 Å². The molecule has 2 aliphatic heterocycles. The first kappa shape index (κ1) is 21.2. The van der Waals surface area contributed by atoms with Crippen LogP contribution in [0.1, 0.15) is 80.4 Å². The van der Waals surface area contributed by atoms with E-state index >= 15 is 0 Å². The van der Waals surface area contributed by atoms with Gasteiger partial charge in [0.2, 0.25) is 0 Å². The number of aryl methyl sites for hydroxylation is 1. The van der Waals surface area contributed by atoms with E-state index in [1.807, 2.05) is 6.07 Å². The second-order valence-corrected chi connectivity index (χ2v) is 11.8. The summed E-state index contributed by atoms with van der Waals surface area (Å²) in [5.41, 5.74) is 8.37. The number of rotatable bonds is 2. The van der Waals surface area contributed by atoms with Crippen LogP contribution in [0.2, 0.25) is 5.02 Å². The quantitative estimate of drug-likeness (QED) is 0.513. The van der Waals surface area contributed by atoms with E-state index in [4.69, 9.17) is 21.1 Å². The molecule has 5 aliphatic rings. The van der Waals surface area contributed by atoms with Gasteiger partial charge in [-0.2, -0.15) is 0 Å². The Labute approximate surface area is 206 Å². The van der Waals surface area contributed by atoms with Crippen molar-refractivity contribution in [3.05, 3.63) is 57.1 Å². The summed E-state index contributed by atoms with van der Waals surface area (Å²) in [5.74, 6) is 3.52. The highest BCUT2D eigenvalue weighted by Crippen LogP contribution is 2.56. The predicted molar refractivity (Wildman–Crippen MR) is 136 cm³/mol. The van der Waals surface area contributed by atoms with Crippen molar-refractivity contribution in [3.63, 3.8) is 0 Å². The standard InChI is InChI=1S/C28H33ClN4O/c1-28-14-22(28)26(33-24-12-11-20(29)13-19(24)15-32(2)16-25(33)30-28)17-7-9-18(10-8-17)27-21-5-3-4-6-23(21)31-34-27/h11-13,17-18H,3-10,14-16H2,1-2H3. The van der Waals surface area contributed by atoms with Crippen LogP contribution in [0, 0.1) is 5.92 Å². The number of halogens is 1. The lowest BCUT2D eigenvalue weighted by Crippen LogP contribution is -2.42. The lowest BCUT2D eigenvalue weighted by molar-refractivity contribution is 0.290. The van der Waals surface area contributed by atoms with Crippen LogP contribution in [-0.4, -0.2) is 35.0 Å². The van der Waals surface area contributed by atoms with Crippen molar-refractivity contribution in [3.8, 4) is 0 Å². The first-order valence-corrected chi connectivity index (χ1v) is 13.4. The molecule has 1 aromatic heterocycles. The molecule has 0 N–H and O–H groups in total. The fourth-order valence-corrected chi connectivity index (χ4v) is 7.23. The smallest absolute Gasteiger partial charge is 0.143 e. The fourth-order valence-electron chi connectivity index (χ4n) is 7.04. The normalized spacial score (nSPS) is 30.7. The summed E-state index contributed by atoms with van der Waals surface area (Å²) in [4.78, 5) is 10.2. The second-order valence-electron chi connectivity index (χ2n) is 11.4. The number of nitrogens with zero attached hydrogens (tertiary/aromatic N) is 4. The third-order valence-electron chi connectivity index (χ3n) is 8.84. The zero-order chi connectivity index (χ0) is 23.0. The number of likely N-dealkylation sites (N-methyl/N-ethyl adjacent to an activating group) is 1. The molecule has 3 heterocycles. The van der Waals surface area contributed by atoms with Gasteiger partial charge in [0.25, 0.3) is 0 Å². The topological polar surface area (TPSA) is 44.9 Å². The SMILES string of the molecule is CN1CC2=NC3(C)CC3=C(C3CCC(c4onc5c4CCCC5)CC3)N2c2ccc(Cl)cc2C1. The van der Waals surface area contributed by atoms with E-state index in [0.717, 1.165) is 37.4 Å². The molecule has 5 nitrogen and oxygen atoms in total. The summed E-state index contributed by atoms with van der Waals surface area (Å²) in [6.07, 6.45) is 10.7. The van der Waals surface area contributed by atoms with E-state index in [9.17, 15) is 0 Å². The number of anilines is 1. The Bertz CT molecular complexity index is 1220. The van der Waals surface area contributed by atoms with Crippen LogP contribution in [0.25, 0.3) is 0 Å². The number of aliphatic imine (C=N–C) groups is 1. The summed E-state index contributed by atoms with van der Waals surface area (Å²) >= 11 is 6.42. The van der Waals surface area contributed by atoms with Gasteiger partial charge in [0.1, 0.15) is 11.6 Å². The minimum atomic E-state index is 0.0137. The van der Waals surface area contributed by atoms with E-state index < -0.39 is 0 Å². The van der Waals surface area contributed by atoms with Crippen molar-refractivity contribution in [1.29, 1.82) is 0 Å². The second kappa shape index (κ2) is 7.69. The van der Waals surface area contributed by atoms with Crippen molar-refractivity contribution in [2.75, 3.05) is 18.5 Å². The highest BCUT2D eigenvalue weighted by Gasteiger charge is 2.53. The summed E-state index contributed by atoms with van der Waals surface area (Å²) < 4.78 is 5.95. The molecule has 7 rings (SSSR count). The minimum Gasteiger partial charge on any atom is -0.361 e. The first-order chi connectivity index (χ1) is 16.5. The molecule has 34 heavy (non-hydrogen) atoms. The van der Waals surface area contributed by atoms with Crippen LogP contribution in [-0.2, 0) is 19.4 Å². The number of amidine groups is 1. The average Bonchev–Trinajstić information content (AvgIpc) is 3.35. The van der Waals surface area contributed by atoms with Crippen LogP contribution in [0.4, 0.5) is 5.69 Å². The Morgan fingerprint density at radius 2 is 1.85 bits per heavy atom. The van der Waals surface area contributed by atoms with E-state index in [1.165, 1.54) is 72.6 Å². The molecule has 0 amide bonds. The number of hydrogen-bond donors (Lipinski definition) is 0. The van der Waals surface area contributed by atoms with Gasteiger partial charge < -0.3 is 9.42 Å². The zero-order valence-corrected chi connectivity index (χ0v) is 21.0. The number of fused-ring (bicyclic) bond motifs is 5. The molecule has 0 saturated heterocycles. The van der Waals surface area contributed by atoms with Crippen molar-refractivity contribution in [2.45, 2.75) is 82.7 Å². The summed E-state index contributed by atoms with van der Waals surface area (Å²) in [5, 5.41) is 5.26. The maximum atomic E-state index is 6.42. The summed E-state index contributed by atoms with van der Waals surface area (Å²) in [6.45, 7) is 4.10. The van der Waals surface area contributed by atoms with Gasteiger partial charge in [-0.3, -0.25) is 9.89 Å². The van der Waals surface area contributed by atoms with Crippen LogP contribution in [0.15, 0.2) is 39.0 Å². The largest absolute Gasteiger partial charge is 0.361 e.